The van der Waals surface area contributed by atoms with Gasteiger partial charge >= 0.3 is 0 Å². The number of aryl methyl sites for hydroxylation is 1. The van der Waals surface area contributed by atoms with Gasteiger partial charge in [-0.3, -0.25) is 0 Å². The molecule has 3 aromatic carbocycles. The van der Waals surface area contributed by atoms with Gasteiger partial charge in [0.2, 0.25) is 0 Å². The highest BCUT2D eigenvalue weighted by molar-refractivity contribution is 9.10. The minimum atomic E-state index is 0.596. The molecule has 0 aromatic heterocycles. The fourth-order valence-corrected chi connectivity index (χ4v) is 3.22. The maximum atomic E-state index is 5.49. The highest BCUT2D eigenvalue weighted by atomic mass is 79.9. The number of halogens is 1. The first-order chi connectivity index (χ1) is 11.2. The van der Waals surface area contributed by atoms with Gasteiger partial charge in [-0.05, 0) is 53.9 Å². The highest BCUT2D eigenvalue weighted by Gasteiger charge is 2.06. The van der Waals surface area contributed by atoms with Crippen LogP contribution in [0.3, 0.4) is 0 Å². The highest BCUT2D eigenvalue weighted by Crippen LogP contribution is 2.24. The number of benzene rings is 3. The molecule has 0 aliphatic heterocycles. The van der Waals surface area contributed by atoms with Gasteiger partial charge in [0.15, 0.2) is 5.11 Å². The second-order valence-corrected chi connectivity index (χ2v) is 6.58. The standard InChI is InChI=1S/C19H17BrN2S/c1-2-13-12-15(20)10-11-17(13)21-19(23)22-18-9-5-7-14-6-3-4-8-16(14)18/h3-12H,2H2,1H3,(H2,21,22,23). The number of rotatable bonds is 3. The van der Waals surface area contributed by atoms with E-state index in [1.165, 1.54) is 10.9 Å². The summed E-state index contributed by atoms with van der Waals surface area (Å²) in [6.07, 6.45) is 0.943. The van der Waals surface area contributed by atoms with Crippen molar-refractivity contribution in [2.45, 2.75) is 13.3 Å². The molecule has 0 heterocycles. The van der Waals surface area contributed by atoms with Crippen LogP contribution in [0.2, 0.25) is 0 Å². The summed E-state index contributed by atoms with van der Waals surface area (Å²) >= 11 is 9.00. The van der Waals surface area contributed by atoms with Crippen molar-refractivity contribution in [2.24, 2.45) is 0 Å². The van der Waals surface area contributed by atoms with Crippen molar-refractivity contribution in [2.75, 3.05) is 10.6 Å². The lowest BCUT2D eigenvalue weighted by Crippen LogP contribution is -2.20. The van der Waals surface area contributed by atoms with Crippen LogP contribution in [-0.2, 0) is 6.42 Å². The van der Waals surface area contributed by atoms with Crippen LogP contribution < -0.4 is 10.6 Å². The Morgan fingerprint density at radius 3 is 2.52 bits per heavy atom. The fraction of sp³-hybridized carbons (Fsp3) is 0.105. The van der Waals surface area contributed by atoms with E-state index >= 15 is 0 Å². The number of hydrogen-bond acceptors (Lipinski definition) is 1. The Hall–Kier alpha value is -1.91. The molecule has 2 N–H and O–H groups in total. The summed E-state index contributed by atoms with van der Waals surface area (Å²) in [4.78, 5) is 0. The van der Waals surface area contributed by atoms with E-state index in [2.05, 4.69) is 57.8 Å². The quantitative estimate of drug-likeness (QED) is 0.543. The van der Waals surface area contributed by atoms with Crippen molar-refractivity contribution in [3.63, 3.8) is 0 Å². The SMILES string of the molecule is CCc1cc(Br)ccc1NC(=S)Nc1cccc2ccccc12. The topological polar surface area (TPSA) is 24.1 Å². The zero-order chi connectivity index (χ0) is 16.2. The van der Waals surface area contributed by atoms with Crippen LogP contribution in [0.15, 0.2) is 65.1 Å². The monoisotopic (exact) mass is 384 g/mol. The van der Waals surface area contributed by atoms with Crippen molar-refractivity contribution >= 4 is 55.4 Å². The molecule has 3 rings (SSSR count). The molecule has 0 atom stereocenters. The number of anilines is 2. The maximum absolute atomic E-state index is 5.49. The second-order valence-electron chi connectivity index (χ2n) is 5.26. The zero-order valence-electron chi connectivity index (χ0n) is 12.8. The molecule has 0 aliphatic carbocycles. The molecule has 0 bridgehead atoms. The van der Waals surface area contributed by atoms with Crippen molar-refractivity contribution < 1.29 is 0 Å². The fourth-order valence-electron chi connectivity index (χ4n) is 2.59. The first-order valence-electron chi connectivity index (χ1n) is 7.51. The molecule has 2 nitrogen and oxygen atoms in total. The molecule has 0 saturated carbocycles. The van der Waals surface area contributed by atoms with Crippen LogP contribution in [0.5, 0.6) is 0 Å². The maximum Gasteiger partial charge on any atom is 0.175 e. The molecule has 3 aromatic rings. The molecule has 0 unspecified atom stereocenters. The van der Waals surface area contributed by atoms with E-state index in [4.69, 9.17) is 12.2 Å². The Bertz CT molecular complexity index is 856. The lowest BCUT2D eigenvalue weighted by molar-refractivity contribution is 1.14. The van der Waals surface area contributed by atoms with Gasteiger partial charge < -0.3 is 10.6 Å². The van der Waals surface area contributed by atoms with Gasteiger partial charge in [0, 0.05) is 21.2 Å². The van der Waals surface area contributed by atoms with Crippen LogP contribution >= 0.6 is 28.1 Å². The van der Waals surface area contributed by atoms with E-state index in [-0.39, 0.29) is 0 Å². The molecule has 0 spiro atoms. The molecule has 0 amide bonds. The average Bonchev–Trinajstić information content (AvgIpc) is 2.57. The van der Waals surface area contributed by atoms with Gasteiger partial charge in [0.1, 0.15) is 0 Å². The van der Waals surface area contributed by atoms with Crippen LogP contribution in [0.1, 0.15) is 12.5 Å². The van der Waals surface area contributed by atoms with Gasteiger partial charge in [-0.1, -0.05) is 59.3 Å². The predicted octanol–water partition coefficient (Wildman–Crippen LogP) is 5.97. The van der Waals surface area contributed by atoms with Gasteiger partial charge in [-0.2, -0.15) is 0 Å². The van der Waals surface area contributed by atoms with Gasteiger partial charge in [0.05, 0.1) is 0 Å². The smallest absolute Gasteiger partial charge is 0.175 e. The van der Waals surface area contributed by atoms with Crippen molar-refractivity contribution in [3.05, 3.63) is 70.7 Å². The molecule has 23 heavy (non-hydrogen) atoms. The van der Waals surface area contributed by atoms with E-state index in [1.54, 1.807) is 0 Å². The summed E-state index contributed by atoms with van der Waals surface area (Å²) in [6.45, 7) is 2.13. The Morgan fingerprint density at radius 2 is 1.70 bits per heavy atom. The number of thiocarbonyl (C=S) groups is 1. The number of fused-ring (bicyclic) bond motifs is 1. The minimum absolute atomic E-state index is 0.596. The lowest BCUT2D eigenvalue weighted by Gasteiger charge is -2.15. The average molecular weight is 385 g/mol. The molecular weight excluding hydrogens is 368 g/mol. The van der Waals surface area contributed by atoms with Crippen LogP contribution in [-0.4, -0.2) is 5.11 Å². The Balaban J connectivity index is 1.82. The molecule has 0 fully saturated rings. The zero-order valence-corrected chi connectivity index (χ0v) is 15.2. The van der Waals surface area contributed by atoms with E-state index in [9.17, 15) is 0 Å². The summed E-state index contributed by atoms with van der Waals surface area (Å²) < 4.78 is 1.08. The molecule has 116 valence electrons. The second kappa shape index (κ2) is 7.11. The third-order valence-corrected chi connectivity index (χ3v) is 4.43. The van der Waals surface area contributed by atoms with E-state index in [0.717, 1.165) is 27.7 Å². The van der Waals surface area contributed by atoms with Gasteiger partial charge in [-0.15, -0.1) is 0 Å². The van der Waals surface area contributed by atoms with Crippen molar-refractivity contribution in [1.29, 1.82) is 0 Å². The predicted molar refractivity (Wildman–Crippen MR) is 107 cm³/mol. The van der Waals surface area contributed by atoms with E-state index in [0.29, 0.717) is 5.11 Å². The first-order valence-corrected chi connectivity index (χ1v) is 8.71. The molecule has 0 radical (unpaired) electrons. The first kappa shape index (κ1) is 16.0. The summed E-state index contributed by atoms with van der Waals surface area (Å²) in [6, 6.07) is 20.6. The number of hydrogen-bond donors (Lipinski definition) is 2. The minimum Gasteiger partial charge on any atom is -0.332 e. The lowest BCUT2D eigenvalue weighted by atomic mass is 10.1. The van der Waals surface area contributed by atoms with E-state index in [1.807, 2.05) is 36.4 Å². The van der Waals surface area contributed by atoms with Crippen molar-refractivity contribution in [3.8, 4) is 0 Å². The summed E-state index contributed by atoms with van der Waals surface area (Å²) in [5.74, 6) is 0. The number of nitrogens with one attached hydrogen (secondary N) is 2. The molecular formula is C19H17BrN2S. The van der Waals surface area contributed by atoms with E-state index < -0.39 is 0 Å². The molecule has 0 saturated heterocycles. The largest absolute Gasteiger partial charge is 0.332 e. The van der Waals surface area contributed by atoms with Crippen molar-refractivity contribution in [1.82, 2.24) is 0 Å². The summed E-state index contributed by atoms with van der Waals surface area (Å²) in [5.41, 5.74) is 3.27. The van der Waals surface area contributed by atoms with Crippen LogP contribution in [0.4, 0.5) is 11.4 Å². The Labute approximate surface area is 150 Å². The Kier molecular flexibility index (Phi) is 4.94. The van der Waals surface area contributed by atoms with Gasteiger partial charge in [0.25, 0.3) is 0 Å². The van der Waals surface area contributed by atoms with Crippen LogP contribution in [0, 0.1) is 0 Å². The van der Waals surface area contributed by atoms with Crippen LogP contribution in [0.25, 0.3) is 10.8 Å². The van der Waals surface area contributed by atoms with Gasteiger partial charge in [-0.25, -0.2) is 0 Å². The molecule has 0 aliphatic rings. The molecule has 4 heteroatoms. The summed E-state index contributed by atoms with van der Waals surface area (Å²) in [7, 11) is 0. The summed E-state index contributed by atoms with van der Waals surface area (Å²) in [5, 5.41) is 9.56. The normalized spacial score (nSPS) is 10.5. The third-order valence-electron chi connectivity index (χ3n) is 3.73. The Morgan fingerprint density at radius 1 is 0.957 bits per heavy atom. The third kappa shape index (κ3) is 3.71.